The maximum atomic E-state index is 11.4. The molecule has 15 heavy (non-hydrogen) atoms. The first kappa shape index (κ1) is 10.2. The van der Waals surface area contributed by atoms with Crippen LogP contribution in [-0.4, -0.2) is 29.2 Å². The molecule has 2 unspecified atom stereocenters. The Morgan fingerprint density at radius 2 is 2.60 bits per heavy atom. The molecule has 2 rings (SSSR count). The molecular formula is C10H15N3O2. The number of aromatic amines is 1. The normalized spacial score (nSPS) is 22.6. The van der Waals surface area contributed by atoms with E-state index in [-0.39, 0.29) is 11.6 Å². The highest BCUT2D eigenvalue weighted by Crippen LogP contribution is 2.18. The van der Waals surface area contributed by atoms with E-state index >= 15 is 0 Å². The SMILES string of the molecule is CC(Nc1ncc[nH]c1=O)C1CCOC1. The zero-order valence-electron chi connectivity index (χ0n) is 8.69. The monoisotopic (exact) mass is 209 g/mol. The van der Waals surface area contributed by atoms with Crippen LogP contribution in [0.2, 0.25) is 0 Å². The van der Waals surface area contributed by atoms with Gasteiger partial charge in [-0.25, -0.2) is 4.98 Å². The fourth-order valence-electron chi connectivity index (χ4n) is 1.74. The van der Waals surface area contributed by atoms with Crippen molar-refractivity contribution in [2.24, 2.45) is 5.92 Å². The molecule has 82 valence electrons. The number of aromatic nitrogens is 2. The summed E-state index contributed by atoms with van der Waals surface area (Å²) in [5, 5.41) is 3.12. The summed E-state index contributed by atoms with van der Waals surface area (Å²) in [7, 11) is 0. The van der Waals surface area contributed by atoms with Gasteiger partial charge in [0.05, 0.1) is 6.61 Å². The Kier molecular flexibility index (Phi) is 3.01. The first-order valence-corrected chi connectivity index (χ1v) is 5.15. The second-order valence-electron chi connectivity index (χ2n) is 3.82. The van der Waals surface area contributed by atoms with E-state index < -0.39 is 0 Å². The Bertz CT molecular complexity index is 371. The number of hydrogen-bond acceptors (Lipinski definition) is 4. The first-order chi connectivity index (χ1) is 7.27. The van der Waals surface area contributed by atoms with Gasteiger partial charge in [-0.1, -0.05) is 0 Å². The summed E-state index contributed by atoms with van der Waals surface area (Å²) in [5.41, 5.74) is -0.178. The maximum absolute atomic E-state index is 11.4. The number of ether oxygens (including phenoxy) is 1. The highest BCUT2D eigenvalue weighted by atomic mass is 16.5. The van der Waals surface area contributed by atoms with E-state index in [1.165, 1.54) is 6.20 Å². The predicted octanol–water partition coefficient (Wildman–Crippen LogP) is 0.607. The quantitative estimate of drug-likeness (QED) is 0.765. The summed E-state index contributed by atoms with van der Waals surface area (Å²) < 4.78 is 5.30. The van der Waals surface area contributed by atoms with Crippen LogP contribution >= 0.6 is 0 Å². The number of nitrogens with one attached hydrogen (secondary N) is 2. The Labute approximate surface area is 87.9 Å². The molecule has 0 aromatic carbocycles. The van der Waals surface area contributed by atoms with Crippen molar-refractivity contribution in [2.75, 3.05) is 18.5 Å². The Morgan fingerprint density at radius 3 is 3.27 bits per heavy atom. The molecule has 2 heterocycles. The van der Waals surface area contributed by atoms with Crippen LogP contribution in [0.25, 0.3) is 0 Å². The second-order valence-corrected chi connectivity index (χ2v) is 3.82. The molecule has 2 atom stereocenters. The third-order valence-electron chi connectivity index (χ3n) is 2.74. The fourth-order valence-corrected chi connectivity index (χ4v) is 1.74. The number of nitrogens with zero attached hydrogens (tertiary/aromatic N) is 1. The molecule has 1 fully saturated rings. The van der Waals surface area contributed by atoms with Crippen LogP contribution in [0.1, 0.15) is 13.3 Å². The van der Waals surface area contributed by atoms with Crippen LogP contribution in [0.5, 0.6) is 0 Å². The number of H-pyrrole nitrogens is 1. The van der Waals surface area contributed by atoms with Crippen molar-refractivity contribution in [1.82, 2.24) is 9.97 Å². The molecule has 0 bridgehead atoms. The van der Waals surface area contributed by atoms with Crippen LogP contribution < -0.4 is 10.9 Å². The summed E-state index contributed by atoms with van der Waals surface area (Å²) in [6.45, 7) is 3.63. The average molecular weight is 209 g/mol. The molecule has 1 aromatic rings. The number of anilines is 1. The molecule has 1 aliphatic rings. The molecule has 0 saturated carbocycles. The Balaban J connectivity index is 2.02. The van der Waals surface area contributed by atoms with Gasteiger partial charge in [0.2, 0.25) is 0 Å². The van der Waals surface area contributed by atoms with Crippen molar-refractivity contribution >= 4 is 5.82 Å². The van der Waals surface area contributed by atoms with Crippen molar-refractivity contribution in [3.8, 4) is 0 Å². The van der Waals surface area contributed by atoms with E-state index in [2.05, 4.69) is 15.3 Å². The largest absolute Gasteiger partial charge is 0.381 e. The lowest BCUT2D eigenvalue weighted by Crippen LogP contribution is -2.29. The third kappa shape index (κ3) is 2.36. The lowest BCUT2D eigenvalue weighted by Gasteiger charge is -2.18. The van der Waals surface area contributed by atoms with Crippen molar-refractivity contribution in [3.63, 3.8) is 0 Å². The van der Waals surface area contributed by atoms with E-state index in [0.717, 1.165) is 19.6 Å². The molecular weight excluding hydrogens is 194 g/mol. The summed E-state index contributed by atoms with van der Waals surface area (Å²) in [6, 6.07) is 0.212. The van der Waals surface area contributed by atoms with Crippen molar-refractivity contribution in [3.05, 3.63) is 22.7 Å². The van der Waals surface area contributed by atoms with Gasteiger partial charge in [0.25, 0.3) is 5.56 Å². The zero-order chi connectivity index (χ0) is 10.7. The smallest absolute Gasteiger partial charge is 0.290 e. The number of rotatable bonds is 3. The van der Waals surface area contributed by atoms with E-state index in [4.69, 9.17) is 4.74 Å². The first-order valence-electron chi connectivity index (χ1n) is 5.15. The van der Waals surface area contributed by atoms with Gasteiger partial charge in [-0.05, 0) is 13.3 Å². The van der Waals surface area contributed by atoms with Gasteiger partial charge in [0.1, 0.15) is 0 Å². The maximum Gasteiger partial charge on any atom is 0.290 e. The van der Waals surface area contributed by atoms with E-state index in [1.54, 1.807) is 6.20 Å². The lowest BCUT2D eigenvalue weighted by atomic mass is 10.0. The fraction of sp³-hybridized carbons (Fsp3) is 0.600. The summed E-state index contributed by atoms with van der Waals surface area (Å²) in [6.07, 6.45) is 4.14. The summed E-state index contributed by atoms with van der Waals surface area (Å²) in [5.74, 6) is 0.850. The van der Waals surface area contributed by atoms with Crippen molar-refractivity contribution in [1.29, 1.82) is 0 Å². The molecule has 1 aliphatic heterocycles. The molecule has 1 saturated heterocycles. The Morgan fingerprint density at radius 1 is 1.73 bits per heavy atom. The molecule has 1 aromatic heterocycles. The summed E-state index contributed by atoms with van der Waals surface area (Å²) >= 11 is 0. The van der Waals surface area contributed by atoms with Crippen LogP contribution in [0, 0.1) is 5.92 Å². The molecule has 5 heteroatoms. The minimum Gasteiger partial charge on any atom is -0.381 e. The molecule has 0 aliphatic carbocycles. The molecule has 0 amide bonds. The summed E-state index contributed by atoms with van der Waals surface area (Å²) in [4.78, 5) is 17.9. The molecule has 0 spiro atoms. The molecule has 5 nitrogen and oxygen atoms in total. The molecule has 0 radical (unpaired) electrons. The van der Waals surface area contributed by atoms with Crippen LogP contribution in [-0.2, 0) is 4.74 Å². The predicted molar refractivity (Wildman–Crippen MR) is 56.9 cm³/mol. The van der Waals surface area contributed by atoms with E-state index in [9.17, 15) is 4.79 Å². The van der Waals surface area contributed by atoms with Crippen molar-refractivity contribution < 1.29 is 4.74 Å². The van der Waals surface area contributed by atoms with Gasteiger partial charge in [0, 0.05) is 31.0 Å². The van der Waals surface area contributed by atoms with E-state index in [1.807, 2.05) is 6.92 Å². The van der Waals surface area contributed by atoms with E-state index in [0.29, 0.717) is 11.7 Å². The number of hydrogen-bond donors (Lipinski definition) is 2. The van der Waals surface area contributed by atoms with Crippen LogP contribution in [0.4, 0.5) is 5.82 Å². The van der Waals surface area contributed by atoms with Crippen molar-refractivity contribution in [2.45, 2.75) is 19.4 Å². The Hall–Kier alpha value is -1.36. The molecule has 2 N–H and O–H groups in total. The van der Waals surface area contributed by atoms with Gasteiger partial charge < -0.3 is 15.0 Å². The average Bonchev–Trinajstić information content (AvgIpc) is 2.74. The standard InChI is InChI=1S/C10H15N3O2/c1-7(8-2-5-15-6-8)13-9-10(14)12-4-3-11-9/h3-4,7-8H,2,5-6H2,1H3,(H,11,13)(H,12,14). The van der Waals surface area contributed by atoms with Gasteiger partial charge in [-0.15, -0.1) is 0 Å². The van der Waals surface area contributed by atoms with Crippen LogP contribution in [0.15, 0.2) is 17.2 Å². The third-order valence-corrected chi connectivity index (χ3v) is 2.74. The lowest BCUT2D eigenvalue weighted by molar-refractivity contribution is 0.183. The van der Waals surface area contributed by atoms with Gasteiger partial charge in [-0.2, -0.15) is 0 Å². The second kappa shape index (κ2) is 4.44. The topological polar surface area (TPSA) is 67.0 Å². The highest BCUT2D eigenvalue weighted by Gasteiger charge is 2.22. The van der Waals surface area contributed by atoms with Gasteiger partial charge >= 0.3 is 0 Å². The minimum atomic E-state index is -0.178. The van der Waals surface area contributed by atoms with Gasteiger partial charge in [-0.3, -0.25) is 4.79 Å². The van der Waals surface area contributed by atoms with Crippen LogP contribution in [0.3, 0.4) is 0 Å². The van der Waals surface area contributed by atoms with Gasteiger partial charge in [0.15, 0.2) is 5.82 Å². The zero-order valence-corrected chi connectivity index (χ0v) is 8.69. The highest BCUT2D eigenvalue weighted by molar-refractivity contribution is 5.31. The minimum absolute atomic E-state index is 0.178.